The van der Waals surface area contributed by atoms with Crippen molar-refractivity contribution in [3.63, 3.8) is 0 Å². The van der Waals surface area contributed by atoms with Crippen LogP contribution in [0.5, 0.6) is 0 Å². The fourth-order valence-electron chi connectivity index (χ4n) is 5.05. The summed E-state index contributed by atoms with van der Waals surface area (Å²) in [6, 6.07) is 0. The number of aliphatic hydroxyl groups excluding tert-OH is 1. The van der Waals surface area contributed by atoms with Crippen LogP contribution in [0.1, 0.15) is 26.5 Å². The maximum absolute atomic E-state index is 13.0. The van der Waals surface area contributed by atoms with Gasteiger partial charge in [0.2, 0.25) is 5.95 Å². The largest absolute Gasteiger partial charge is 0.390 e. The number of thioether (sulfide) groups is 1. The normalized spacial score (nSPS) is 21.0. The van der Waals surface area contributed by atoms with E-state index in [4.69, 9.17) is 16.2 Å². The molecule has 244 valence electrons. The average Bonchev–Trinajstić information content (AvgIpc) is 3.53. The molecule has 0 radical (unpaired) electrons. The van der Waals surface area contributed by atoms with Crippen molar-refractivity contribution in [2.75, 3.05) is 54.2 Å². The average molecular weight is 667 g/mol. The van der Waals surface area contributed by atoms with Crippen molar-refractivity contribution in [3.05, 3.63) is 23.0 Å². The summed E-state index contributed by atoms with van der Waals surface area (Å²) < 4.78 is 19.6. The molecular formula is C24H35N12O7PS. The van der Waals surface area contributed by atoms with E-state index in [0.29, 0.717) is 35.6 Å². The number of carbonyl (C=O) groups excluding carboxylic acids is 1. The molecule has 10 N–H and O–H groups in total. The number of nitrogens with two attached hydrogens (primary N) is 2. The Morgan fingerprint density at radius 3 is 2.82 bits per heavy atom. The van der Waals surface area contributed by atoms with E-state index in [9.17, 15) is 29.0 Å². The third-order valence-electron chi connectivity index (χ3n) is 7.21. The monoisotopic (exact) mass is 666 g/mol. The van der Waals surface area contributed by atoms with E-state index in [2.05, 4.69) is 40.5 Å². The van der Waals surface area contributed by atoms with Crippen molar-refractivity contribution >= 4 is 65.4 Å². The van der Waals surface area contributed by atoms with Crippen molar-refractivity contribution in [2.24, 2.45) is 4.99 Å². The predicted molar refractivity (Wildman–Crippen MR) is 167 cm³/mol. The molecule has 5 heterocycles. The molecule has 0 spiro atoms. The van der Waals surface area contributed by atoms with Gasteiger partial charge in [-0.25, -0.2) is 19.9 Å². The first-order chi connectivity index (χ1) is 21.2. The Hall–Kier alpha value is -3.65. The first-order valence-corrected chi connectivity index (χ1v) is 16.8. The van der Waals surface area contributed by atoms with Gasteiger partial charge in [-0.05, 0) is 13.8 Å². The van der Waals surface area contributed by atoms with Crippen LogP contribution >= 0.6 is 19.4 Å². The second-order valence-electron chi connectivity index (χ2n) is 11.1. The molecule has 0 saturated carbocycles. The molecule has 3 aromatic heterocycles. The number of aliphatic hydroxyl groups is 1. The number of anilines is 3. The minimum absolute atomic E-state index is 0.0391. The maximum atomic E-state index is 13.0. The molecule has 0 unspecified atom stereocenters. The number of aromatic amines is 1. The number of aromatic nitrogens is 6. The summed E-state index contributed by atoms with van der Waals surface area (Å²) in [4.78, 5) is 69.1. The summed E-state index contributed by atoms with van der Waals surface area (Å²) in [7, 11) is -4.40. The topological polar surface area (TPSA) is 285 Å². The van der Waals surface area contributed by atoms with E-state index in [-0.39, 0.29) is 42.1 Å². The van der Waals surface area contributed by atoms with E-state index >= 15 is 0 Å². The van der Waals surface area contributed by atoms with Crippen LogP contribution in [0.4, 0.5) is 23.3 Å². The van der Waals surface area contributed by atoms with Gasteiger partial charge in [-0.2, -0.15) is 16.7 Å². The lowest BCUT2D eigenvalue weighted by Crippen LogP contribution is -2.51. The quantitative estimate of drug-likeness (QED) is 0.0848. The smallest absolute Gasteiger partial charge is 0.339 e. The zero-order chi connectivity index (χ0) is 32.5. The zero-order valence-electron chi connectivity index (χ0n) is 24.5. The summed E-state index contributed by atoms with van der Waals surface area (Å²) in [5.41, 5.74) is 10.8. The molecule has 0 aromatic carbocycles. The van der Waals surface area contributed by atoms with Crippen molar-refractivity contribution in [1.29, 1.82) is 0 Å². The SMILES string of the molecule is CC1(C)Nc2nc(N)[nH]c(=O)c2N=C1C(=O)NCCN(CCSC[C@H]1O[C@@H](n2cnc3c(N)ncnc32)C[C@H]1O)CP(=O)(O)O. The first kappa shape index (κ1) is 32.7. The molecule has 19 nitrogen and oxygen atoms in total. The second-order valence-corrected chi connectivity index (χ2v) is 13.9. The van der Waals surface area contributed by atoms with Gasteiger partial charge in [-0.3, -0.25) is 28.6 Å². The van der Waals surface area contributed by atoms with Gasteiger partial charge < -0.3 is 41.7 Å². The fourth-order valence-corrected chi connectivity index (χ4v) is 6.94. The Morgan fingerprint density at radius 1 is 1.29 bits per heavy atom. The number of imidazole rings is 1. The van der Waals surface area contributed by atoms with Gasteiger partial charge in [-0.15, -0.1) is 0 Å². The van der Waals surface area contributed by atoms with Crippen LogP contribution in [-0.2, 0) is 14.1 Å². The van der Waals surface area contributed by atoms with Crippen molar-refractivity contribution in [1.82, 2.24) is 39.7 Å². The number of carbonyl (C=O) groups is 1. The Labute approximate surface area is 260 Å². The van der Waals surface area contributed by atoms with Gasteiger partial charge in [0.15, 0.2) is 23.0 Å². The molecule has 1 amide bonds. The fraction of sp³-hybridized carbons (Fsp3) is 0.542. The highest BCUT2D eigenvalue weighted by Crippen LogP contribution is 2.36. The van der Waals surface area contributed by atoms with Crippen molar-refractivity contribution in [3.8, 4) is 0 Å². The predicted octanol–water partition coefficient (Wildman–Crippen LogP) is -1.01. The summed E-state index contributed by atoms with van der Waals surface area (Å²) in [6.07, 6.45) is 0.993. The lowest BCUT2D eigenvalue weighted by molar-refractivity contribution is -0.115. The molecule has 5 rings (SSSR count). The van der Waals surface area contributed by atoms with E-state index in [1.807, 2.05) is 0 Å². The Kier molecular flexibility index (Phi) is 9.45. The van der Waals surface area contributed by atoms with Crippen LogP contribution in [0, 0.1) is 0 Å². The molecule has 1 fully saturated rings. The van der Waals surface area contributed by atoms with Gasteiger partial charge in [0, 0.05) is 37.6 Å². The number of nitrogens with one attached hydrogen (secondary N) is 3. The van der Waals surface area contributed by atoms with Crippen LogP contribution < -0.4 is 27.7 Å². The third-order valence-corrected chi connectivity index (χ3v) is 9.01. The zero-order valence-corrected chi connectivity index (χ0v) is 26.2. The minimum atomic E-state index is -4.40. The third kappa shape index (κ3) is 7.60. The molecule has 3 aromatic rings. The molecule has 0 bridgehead atoms. The number of nitrogen functional groups attached to an aromatic ring is 2. The number of rotatable bonds is 12. The van der Waals surface area contributed by atoms with Gasteiger partial charge in [0.05, 0.1) is 24.1 Å². The molecule has 0 aliphatic carbocycles. The number of hydrogen-bond donors (Lipinski definition) is 8. The highest BCUT2D eigenvalue weighted by molar-refractivity contribution is 7.99. The highest BCUT2D eigenvalue weighted by atomic mass is 32.2. The number of aliphatic imine (C=N–C) groups is 1. The molecule has 1 saturated heterocycles. The second kappa shape index (κ2) is 13.0. The Balaban J connectivity index is 1.13. The lowest BCUT2D eigenvalue weighted by atomic mass is 9.95. The van der Waals surface area contributed by atoms with E-state index in [0.717, 1.165) is 0 Å². The number of H-pyrrole nitrogens is 1. The lowest BCUT2D eigenvalue weighted by Gasteiger charge is -2.32. The van der Waals surface area contributed by atoms with E-state index in [1.54, 1.807) is 29.6 Å². The molecular weight excluding hydrogens is 631 g/mol. The first-order valence-electron chi connectivity index (χ1n) is 13.9. The molecule has 45 heavy (non-hydrogen) atoms. The van der Waals surface area contributed by atoms with Crippen LogP contribution in [0.2, 0.25) is 0 Å². The van der Waals surface area contributed by atoms with Gasteiger partial charge in [-0.1, -0.05) is 0 Å². The number of hydrogen-bond acceptors (Lipinski definition) is 15. The highest BCUT2D eigenvalue weighted by Gasteiger charge is 2.37. The molecule has 2 aliphatic rings. The van der Waals surface area contributed by atoms with Gasteiger partial charge in [0.1, 0.15) is 30.1 Å². The van der Waals surface area contributed by atoms with Gasteiger partial charge in [0.25, 0.3) is 11.5 Å². The standard InChI is InChI=1S/C24H35N12O7PS/c1-24(2)17(31-16-19(34-24)32-23(26)33-21(16)38)22(39)27-3-4-35(11-44(40,41)42)5-6-45-8-13-12(37)7-14(43-13)36-10-30-15-18(25)28-9-29-20(15)36/h9-10,12-14,37H,3-8,11H2,1-2H3,(H,27,39)(H2,25,28,29)(H2,40,41,42)(H4,26,32,33,34,38)/t12-,13-,14-/m1/s1. The van der Waals surface area contributed by atoms with E-state index < -0.39 is 49.3 Å². The Morgan fingerprint density at radius 2 is 2.07 bits per heavy atom. The Bertz CT molecular complexity index is 1710. The van der Waals surface area contributed by atoms with E-state index in [1.165, 1.54) is 18.1 Å². The summed E-state index contributed by atoms with van der Waals surface area (Å²) >= 11 is 1.46. The summed E-state index contributed by atoms with van der Waals surface area (Å²) in [5, 5.41) is 16.3. The van der Waals surface area contributed by atoms with Crippen LogP contribution in [0.3, 0.4) is 0 Å². The number of amides is 1. The number of ether oxygens (including phenoxy) is 1. The minimum Gasteiger partial charge on any atom is -0.390 e. The van der Waals surface area contributed by atoms with Crippen molar-refractivity contribution in [2.45, 2.75) is 44.2 Å². The summed E-state index contributed by atoms with van der Waals surface area (Å²) in [6.45, 7) is 3.88. The van der Waals surface area contributed by atoms with Crippen LogP contribution in [-0.4, -0.2) is 116 Å². The van der Waals surface area contributed by atoms with Crippen molar-refractivity contribution < 1.29 is 29.0 Å². The molecule has 3 atom stereocenters. The number of nitrogens with zero attached hydrogens (tertiary/aromatic N) is 7. The van der Waals surface area contributed by atoms with Crippen LogP contribution in [0.25, 0.3) is 11.2 Å². The molecule has 2 aliphatic heterocycles. The van der Waals surface area contributed by atoms with Crippen LogP contribution in [0.15, 0.2) is 22.4 Å². The van der Waals surface area contributed by atoms with Gasteiger partial charge >= 0.3 is 7.60 Å². The summed E-state index contributed by atoms with van der Waals surface area (Å²) in [5.74, 6) is 0.672. The number of fused-ring (bicyclic) bond motifs is 2. The molecule has 21 heteroatoms. The maximum Gasteiger partial charge on any atom is 0.339 e.